The van der Waals surface area contributed by atoms with Crippen LogP contribution in [0.3, 0.4) is 0 Å². The maximum Gasteiger partial charge on any atom is 0.250 e. The molecule has 0 radical (unpaired) electrons. The van der Waals surface area contributed by atoms with Gasteiger partial charge in [-0.05, 0) is 42.9 Å². The van der Waals surface area contributed by atoms with Gasteiger partial charge in [0.05, 0.1) is 6.04 Å². The van der Waals surface area contributed by atoms with Gasteiger partial charge in [-0.25, -0.2) is 0 Å². The van der Waals surface area contributed by atoms with Crippen LogP contribution in [0.25, 0.3) is 6.08 Å². The summed E-state index contributed by atoms with van der Waals surface area (Å²) in [7, 11) is 0. The van der Waals surface area contributed by atoms with E-state index in [9.17, 15) is 4.79 Å². The molecule has 2 heterocycles. The van der Waals surface area contributed by atoms with Gasteiger partial charge in [0.2, 0.25) is 5.91 Å². The summed E-state index contributed by atoms with van der Waals surface area (Å²) in [6.45, 7) is 6.77. The summed E-state index contributed by atoms with van der Waals surface area (Å²) < 4.78 is 0. The summed E-state index contributed by atoms with van der Waals surface area (Å²) in [5.41, 5.74) is 2.06. The van der Waals surface area contributed by atoms with Crippen molar-refractivity contribution in [3.8, 4) is 0 Å². The van der Waals surface area contributed by atoms with Crippen molar-refractivity contribution in [1.82, 2.24) is 4.90 Å². The molecule has 1 aromatic carbocycles. The maximum absolute atomic E-state index is 12.7. The SMILES string of the molecule is C/C(=C\c1cccs1)C(=O)N1CCCC1c1ccccc1.CC. The third kappa shape index (κ3) is 4.32. The molecule has 0 aliphatic carbocycles. The smallest absolute Gasteiger partial charge is 0.250 e. The Morgan fingerprint density at radius 2 is 1.91 bits per heavy atom. The van der Waals surface area contributed by atoms with Gasteiger partial charge in [0.1, 0.15) is 0 Å². The van der Waals surface area contributed by atoms with E-state index in [1.165, 1.54) is 5.56 Å². The Bertz CT molecular complexity index is 631. The van der Waals surface area contributed by atoms with Crippen LogP contribution in [-0.4, -0.2) is 17.4 Å². The lowest BCUT2D eigenvalue weighted by molar-refractivity contribution is -0.127. The van der Waals surface area contributed by atoms with Gasteiger partial charge in [-0.2, -0.15) is 0 Å². The molecule has 23 heavy (non-hydrogen) atoms. The van der Waals surface area contributed by atoms with Crippen LogP contribution >= 0.6 is 11.3 Å². The molecule has 1 saturated heterocycles. The minimum Gasteiger partial charge on any atom is -0.332 e. The molecule has 1 atom stereocenters. The first-order valence-corrected chi connectivity index (χ1v) is 9.21. The lowest BCUT2D eigenvalue weighted by Crippen LogP contribution is -2.31. The van der Waals surface area contributed by atoms with E-state index in [0.29, 0.717) is 0 Å². The zero-order valence-electron chi connectivity index (χ0n) is 14.2. The van der Waals surface area contributed by atoms with Gasteiger partial charge in [0.25, 0.3) is 0 Å². The number of carbonyl (C=O) groups is 1. The van der Waals surface area contributed by atoms with Crippen molar-refractivity contribution in [1.29, 1.82) is 0 Å². The molecule has 122 valence electrons. The van der Waals surface area contributed by atoms with Gasteiger partial charge in [0, 0.05) is 17.0 Å². The minimum atomic E-state index is 0.162. The van der Waals surface area contributed by atoms with Gasteiger partial charge in [-0.15, -0.1) is 11.3 Å². The molecule has 1 aliphatic rings. The summed E-state index contributed by atoms with van der Waals surface area (Å²) in [5.74, 6) is 0.162. The first kappa shape index (κ1) is 17.5. The average Bonchev–Trinajstić information content (AvgIpc) is 3.28. The minimum absolute atomic E-state index is 0.162. The van der Waals surface area contributed by atoms with Gasteiger partial charge in [0.15, 0.2) is 0 Å². The Balaban J connectivity index is 0.000000924. The Morgan fingerprint density at radius 3 is 2.57 bits per heavy atom. The highest BCUT2D eigenvalue weighted by atomic mass is 32.1. The van der Waals surface area contributed by atoms with Crippen molar-refractivity contribution in [3.05, 3.63) is 63.9 Å². The second kappa shape index (κ2) is 8.68. The molecule has 3 rings (SSSR count). The number of hydrogen-bond donors (Lipinski definition) is 0. The molecule has 1 aliphatic heterocycles. The third-order valence-corrected chi connectivity index (χ3v) is 4.76. The van der Waals surface area contributed by atoms with Crippen molar-refractivity contribution in [2.75, 3.05) is 6.54 Å². The summed E-state index contributed by atoms with van der Waals surface area (Å²) in [5, 5.41) is 2.03. The van der Waals surface area contributed by atoms with Crippen molar-refractivity contribution >= 4 is 23.3 Å². The monoisotopic (exact) mass is 327 g/mol. The molecule has 0 saturated carbocycles. The predicted octanol–water partition coefficient (Wildman–Crippen LogP) is 5.54. The highest BCUT2D eigenvalue weighted by molar-refractivity contribution is 7.10. The van der Waals surface area contributed by atoms with E-state index in [1.807, 2.05) is 67.5 Å². The second-order valence-electron chi connectivity index (χ2n) is 5.41. The zero-order valence-corrected chi connectivity index (χ0v) is 15.0. The number of carbonyl (C=O) groups excluding carboxylic acids is 1. The van der Waals surface area contributed by atoms with E-state index >= 15 is 0 Å². The van der Waals surface area contributed by atoms with Crippen molar-refractivity contribution in [2.45, 2.75) is 39.7 Å². The Hall–Kier alpha value is -1.87. The normalized spacial score (nSPS) is 17.6. The van der Waals surface area contributed by atoms with Crippen LogP contribution in [0.15, 0.2) is 53.4 Å². The summed E-state index contributed by atoms with van der Waals surface area (Å²) in [6.07, 6.45) is 4.13. The van der Waals surface area contributed by atoms with Crippen molar-refractivity contribution < 1.29 is 4.79 Å². The number of nitrogens with zero attached hydrogens (tertiary/aromatic N) is 1. The van der Waals surface area contributed by atoms with Gasteiger partial charge >= 0.3 is 0 Å². The van der Waals surface area contributed by atoms with E-state index in [0.717, 1.165) is 29.8 Å². The highest BCUT2D eigenvalue weighted by Gasteiger charge is 2.30. The summed E-state index contributed by atoms with van der Waals surface area (Å²) in [4.78, 5) is 15.9. The van der Waals surface area contributed by atoms with Crippen LogP contribution in [0.2, 0.25) is 0 Å². The number of thiophene rings is 1. The molecule has 0 spiro atoms. The number of likely N-dealkylation sites (tertiary alicyclic amines) is 1. The fourth-order valence-corrected chi connectivity index (χ4v) is 3.62. The number of amides is 1. The average molecular weight is 327 g/mol. The molecule has 0 N–H and O–H groups in total. The number of rotatable bonds is 3. The fourth-order valence-electron chi connectivity index (χ4n) is 2.91. The van der Waals surface area contributed by atoms with Crippen LogP contribution in [0, 0.1) is 0 Å². The number of benzene rings is 1. The van der Waals surface area contributed by atoms with Crippen LogP contribution in [-0.2, 0) is 4.79 Å². The second-order valence-corrected chi connectivity index (χ2v) is 6.39. The first-order valence-electron chi connectivity index (χ1n) is 8.33. The predicted molar refractivity (Wildman–Crippen MR) is 99.4 cm³/mol. The van der Waals surface area contributed by atoms with Crippen LogP contribution < -0.4 is 0 Å². The Labute approximate surface area is 143 Å². The Morgan fingerprint density at radius 1 is 1.17 bits per heavy atom. The molecular weight excluding hydrogens is 302 g/mol. The molecule has 1 fully saturated rings. The molecule has 2 nitrogen and oxygen atoms in total. The molecule has 1 amide bonds. The van der Waals surface area contributed by atoms with E-state index in [1.54, 1.807) is 11.3 Å². The van der Waals surface area contributed by atoms with E-state index in [2.05, 4.69) is 12.1 Å². The van der Waals surface area contributed by atoms with Gasteiger partial charge in [-0.3, -0.25) is 4.79 Å². The Kier molecular flexibility index (Phi) is 6.60. The third-order valence-electron chi connectivity index (χ3n) is 3.94. The van der Waals surface area contributed by atoms with E-state index in [-0.39, 0.29) is 11.9 Å². The lowest BCUT2D eigenvalue weighted by atomic mass is 10.0. The molecule has 0 bridgehead atoms. The van der Waals surface area contributed by atoms with Crippen LogP contribution in [0.1, 0.15) is 50.1 Å². The largest absolute Gasteiger partial charge is 0.332 e. The topological polar surface area (TPSA) is 20.3 Å². The molecule has 1 unspecified atom stereocenters. The zero-order chi connectivity index (χ0) is 16.7. The van der Waals surface area contributed by atoms with Gasteiger partial charge < -0.3 is 4.90 Å². The standard InChI is InChI=1S/C18H19NOS.C2H6/c1-14(13-16-9-6-12-21-16)18(20)19-11-5-10-17(19)15-7-3-2-4-8-15;1-2/h2-4,6-9,12-13,17H,5,10-11H2,1H3;1-2H3/b14-13+;. The number of hydrogen-bond acceptors (Lipinski definition) is 2. The highest BCUT2D eigenvalue weighted by Crippen LogP contribution is 2.33. The van der Waals surface area contributed by atoms with E-state index in [4.69, 9.17) is 0 Å². The molecular formula is C20H25NOS. The summed E-state index contributed by atoms with van der Waals surface area (Å²) >= 11 is 1.66. The molecule has 1 aromatic heterocycles. The molecule has 3 heteroatoms. The van der Waals surface area contributed by atoms with Crippen LogP contribution in [0.5, 0.6) is 0 Å². The summed E-state index contributed by atoms with van der Waals surface area (Å²) in [6, 6.07) is 14.6. The van der Waals surface area contributed by atoms with Gasteiger partial charge in [-0.1, -0.05) is 50.2 Å². The van der Waals surface area contributed by atoms with Crippen molar-refractivity contribution in [3.63, 3.8) is 0 Å². The maximum atomic E-state index is 12.7. The van der Waals surface area contributed by atoms with E-state index < -0.39 is 0 Å². The quantitative estimate of drug-likeness (QED) is 0.678. The van der Waals surface area contributed by atoms with Crippen LogP contribution in [0.4, 0.5) is 0 Å². The van der Waals surface area contributed by atoms with Crippen molar-refractivity contribution in [2.24, 2.45) is 0 Å². The molecule has 2 aromatic rings. The fraction of sp³-hybridized carbons (Fsp3) is 0.350. The lowest BCUT2D eigenvalue weighted by Gasteiger charge is -2.25. The first-order chi connectivity index (χ1) is 11.3.